The Morgan fingerprint density at radius 3 is 2.67 bits per heavy atom. The summed E-state index contributed by atoms with van der Waals surface area (Å²) < 4.78 is 4.28. The molecule has 0 bridgehead atoms. The number of nitro groups is 1. The minimum Gasteiger partial charge on any atom is -0.266 e. The molecule has 0 aromatic carbocycles. The van der Waals surface area contributed by atoms with Crippen molar-refractivity contribution < 1.29 is 14.5 Å². The molecular formula is C8H11N3O4. The molecule has 1 aromatic rings. The van der Waals surface area contributed by atoms with Gasteiger partial charge in [0.1, 0.15) is 9.83 Å². The van der Waals surface area contributed by atoms with Gasteiger partial charge in [0.2, 0.25) is 5.69 Å². The van der Waals surface area contributed by atoms with Gasteiger partial charge in [0.25, 0.3) is 0 Å². The van der Waals surface area contributed by atoms with E-state index in [1.807, 2.05) is 0 Å². The standard InChI is InChI=1S/C8H11N3O4/c12-10(13)8-7(9-15-11(8)14)6-4-2-1-3-5-6/h6H,1-5H2. The molecule has 0 saturated heterocycles. The monoisotopic (exact) mass is 213 g/mol. The van der Waals surface area contributed by atoms with Gasteiger partial charge >= 0.3 is 5.82 Å². The maximum absolute atomic E-state index is 11.0. The van der Waals surface area contributed by atoms with Crippen molar-refractivity contribution in [2.45, 2.75) is 38.0 Å². The van der Waals surface area contributed by atoms with Crippen molar-refractivity contribution in [2.24, 2.45) is 0 Å². The van der Waals surface area contributed by atoms with Gasteiger partial charge in [0.15, 0.2) is 0 Å². The third-order valence-corrected chi connectivity index (χ3v) is 2.78. The summed E-state index contributed by atoms with van der Waals surface area (Å²) in [6.07, 6.45) is 4.86. The first-order valence-corrected chi connectivity index (χ1v) is 4.94. The average molecular weight is 213 g/mol. The highest BCUT2D eigenvalue weighted by atomic mass is 16.8. The quantitative estimate of drug-likeness (QED) is 0.418. The minimum atomic E-state index is -0.729. The van der Waals surface area contributed by atoms with Crippen LogP contribution in [0.3, 0.4) is 0 Å². The van der Waals surface area contributed by atoms with E-state index in [9.17, 15) is 15.3 Å². The maximum Gasteiger partial charge on any atom is 0.582 e. The van der Waals surface area contributed by atoms with Crippen molar-refractivity contribution in [2.75, 3.05) is 0 Å². The highest BCUT2D eigenvalue weighted by molar-refractivity contribution is 5.22. The van der Waals surface area contributed by atoms with E-state index in [1.54, 1.807) is 0 Å². The number of hydrogen-bond donors (Lipinski definition) is 0. The van der Waals surface area contributed by atoms with Crippen molar-refractivity contribution in [1.82, 2.24) is 5.16 Å². The maximum atomic E-state index is 11.0. The van der Waals surface area contributed by atoms with Gasteiger partial charge in [0.05, 0.1) is 0 Å². The zero-order valence-electron chi connectivity index (χ0n) is 8.09. The van der Waals surface area contributed by atoms with E-state index in [4.69, 9.17) is 0 Å². The molecule has 0 radical (unpaired) electrons. The number of aromatic nitrogens is 2. The van der Waals surface area contributed by atoms with Crippen LogP contribution < -0.4 is 4.90 Å². The zero-order valence-corrected chi connectivity index (χ0v) is 8.09. The number of hydrogen-bond acceptors (Lipinski definition) is 5. The fraction of sp³-hybridized carbons (Fsp3) is 0.750. The smallest absolute Gasteiger partial charge is 0.266 e. The summed E-state index contributed by atoms with van der Waals surface area (Å²) in [6, 6.07) is 0. The van der Waals surface area contributed by atoms with Crippen molar-refractivity contribution in [3.63, 3.8) is 0 Å². The minimum absolute atomic E-state index is 0.00176. The fourth-order valence-corrected chi connectivity index (χ4v) is 2.05. The van der Waals surface area contributed by atoms with Gasteiger partial charge in [0, 0.05) is 5.92 Å². The van der Waals surface area contributed by atoms with E-state index < -0.39 is 10.7 Å². The van der Waals surface area contributed by atoms with Crippen LogP contribution in [0.1, 0.15) is 43.7 Å². The van der Waals surface area contributed by atoms with Crippen LogP contribution in [0.15, 0.2) is 4.63 Å². The first kappa shape index (κ1) is 9.88. The molecule has 2 rings (SSSR count). The summed E-state index contributed by atoms with van der Waals surface area (Å²) in [5.41, 5.74) is 0.203. The molecule has 82 valence electrons. The van der Waals surface area contributed by atoms with Gasteiger partial charge in [-0.05, 0) is 12.8 Å². The first-order chi connectivity index (χ1) is 7.20. The summed E-state index contributed by atoms with van der Waals surface area (Å²) in [4.78, 5) is 9.78. The van der Waals surface area contributed by atoms with E-state index >= 15 is 0 Å². The van der Waals surface area contributed by atoms with Crippen LogP contribution in [0.25, 0.3) is 0 Å². The Bertz CT molecular complexity index is 370. The number of nitrogens with zero attached hydrogens (tertiary/aromatic N) is 3. The van der Waals surface area contributed by atoms with Gasteiger partial charge < -0.3 is 0 Å². The Balaban J connectivity index is 2.30. The molecule has 0 unspecified atom stereocenters. The third kappa shape index (κ3) is 1.77. The molecule has 15 heavy (non-hydrogen) atoms. The Morgan fingerprint density at radius 2 is 2.07 bits per heavy atom. The summed E-state index contributed by atoms with van der Waals surface area (Å²) >= 11 is 0. The molecule has 1 aliphatic carbocycles. The molecule has 1 fully saturated rings. The molecule has 1 aliphatic rings. The normalized spacial score (nSPS) is 17.9. The van der Waals surface area contributed by atoms with Gasteiger partial charge in [-0.1, -0.05) is 19.3 Å². The van der Waals surface area contributed by atoms with Crippen LogP contribution in [-0.2, 0) is 0 Å². The van der Waals surface area contributed by atoms with E-state index in [-0.39, 0.29) is 16.5 Å². The van der Waals surface area contributed by atoms with Gasteiger partial charge in [-0.2, -0.15) is 0 Å². The van der Waals surface area contributed by atoms with Crippen LogP contribution >= 0.6 is 0 Å². The molecule has 0 spiro atoms. The molecule has 0 aliphatic heterocycles. The summed E-state index contributed by atoms with van der Waals surface area (Å²) in [7, 11) is 0. The Hall–Kier alpha value is -1.66. The third-order valence-electron chi connectivity index (χ3n) is 2.78. The van der Waals surface area contributed by atoms with E-state index in [2.05, 4.69) is 9.79 Å². The van der Waals surface area contributed by atoms with Gasteiger partial charge in [-0.25, -0.2) is 0 Å². The fourth-order valence-electron chi connectivity index (χ4n) is 2.05. The molecule has 1 heterocycles. The lowest BCUT2D eigenvalue weighted by Crippen LogP contribution is -2.27. The highest BCUT2D eigenvalue weighted by Crippen LogP contribution is 2.34. The van der Waals surface area contributed by atoms with Crippen LogP contribution in [0.5, 0.6) is 0 Å². The predicted octanol–water partition coefficient (Wildman–Crippen LogP) is 1.26. The molecule has 0 N–H and O–H groups in total. The van der Waals surface area contributed by atoms with Crippen LogP contribution in [0, 0.1) is 15.3 Å². The molecule has 0 atom stereocenters. The van der Waals surface area contributed by atoms with Crippen molar-refractivity contribution in [3.8, 4) is 0 Å². The van der Waals surface area contributed by atoms with Gasteiger partial charge in [-0.15, -0.1) is 5.16 Å². The molecule has 7 nitrogen and oxygen atoms in total. The van der Waals surface area contributed by atoms with Crippen molar-refractivity contribution >= 4 is 5.82 Å². The SMILES string of the molecule is O=[N+]([O-])c1c(C2CCCCC2)no[n+]1[O-]. The van der Waals surface area contributed by atoms with E-state index in [0.717, 1.165) is 32.1 Å². The Kier molecular flexibility index (Phi) is 2.53. The molecular weight excluding hydrogens is 202 g/mol. The average Bonchev–Trinajstić information content (AvgIpc) is 2.61. The molecule has 1 aromatic heterocycles. The van der Waals surface area contributed by atoms with Crippen molar-refractivity contribution in [1.29, 1.82) is 0 Å². The van der Waals surface area contributed by atoms with E-state index in [0.29, 0.717) is 0 Å². The molecule has 7 heteroatoms. The molecule has 1 saturated carbocycles. The Labute approximate surface area is 85.4 Å². The van der Waals surface area contributed by atoms with Crippen LogP contribution in [0.4, 0.5) is 5.82 Å². The first-order valence-electron chi connectivity index (χ1n) is 4.94. The zero-order chi connectivity index (χ0) is 10.8. The largest absolute Gasteiger partial charge is 0.582 e. The Morgan fingerprint density at radius 1 is 1.40 bits per heavy atom. The van der Waals surface area contributed by atoms with Crippen LogP contribution in [0.2, 0.25) is 0 Å². The van der Waals surface area contributed by atoms with Crippen LogP contribution in [-0.4, -0.2) is 10.1 Å². The second kappa shape index (κ2) is 3.84. The lowest BCUT2D eigenvalue weighted by molar-refractivity contribution is -0.825. The van der Waals surface area contributed by atoms with Crippen molar-refractivity contribution in [3.05, 3.63) is 21.0 Å². The topological polar surface area (TPSA) is 96.1 Å². The second-order valence-corrected chi connectivity index (χ2v) is 3.73. The second-order valence-electron chi connectivity index (χ2n) is 3.73. The molecule has 0 amide bonds. The summed E-state index contributed by atoms with van der Waals surface area (Å²) in [5.74, 6) is -0.556. The lowest BCUT2D eigenvalue weighted by Gasteiger charge is -2.17. The summed E-state index contributed by atoms with van der Waals surface area (Å²) in [6.45, 7) is 0. The lowest BCUT2D eigenvalue weighted by atomic mass is 9.87. The number of rotatable bonds is 2. The van der Waals surface area contributed by atoms with Gasteiger partial charge in [-0.3, -0.25) is 20.0 Å². The predicted molar refractivity (Wildman–Crippen MR) is 47.9 cm³/mol. The van der Waals surface area contributed by atoms with E-state index in [1.165, 1.54) is 0 Å². The highest BCUT2D eigenvalue weighted by Gasteiger charge is 2.37. The summed E-state index contributed by atoms with van der Waals surface area (Å²) in [5, 5.41) is 25.1.